The number of piperidine rings is 1. The zero-order valence-corrected chi connectivity index (χ0v) is 13.7. The van der Waals surface area contributed by atoms with Gasteiger partial charge >= 0.3 is 0 Å². The van der Waals surface area contributed by atoms with Crippen LogP contribution in [-0.2, 0) is 4.79 Å². The van der Waals surface area contributed by atoms with Gasteiger partial charge in [-0.1, -0.05) is 0 Å². The molecule has 0 spiro atoms. The van der Waals surface area contributed by atoms with Crippen LogP contribution in [0.5, 0.6) is 0 Å². The topological polar surface area (TPSA) is 46.3 Å². The van der Waals surface area contributed by atoms with E-state index in [-0.39, 0.29) is 18.0 Å². The summed E-state index contributed by atoms with van der Waals surface area (Å²) in [6.45, 7) is 0. The number of amides is 1. The van der Waals surface area contributed by atoms with Gasteiger partial charge in [0, 0.05) is 27.9 Å². The van der Waals surface area contributed by atoms with Crippen LogP contribution in [0.15, 0.2) is 14.3 Å². The molecule has 6 heteroatoms. The smallest absolute Gasteiger partial charge is 0.223 e. The summed E-state index contributed by atoms with van der Waals surface area (Å²) in [4.78, 5) is 15.4. The standard InChI is InChI=1S/C12H14Br2N2OS/c13-7-5-9(18-12(7)14)11-8(15)3-4-10(17)16(11)6-1-2-6/h5-6,8,11H,1-4,15H2. The second-order valence-electron chi connectivity index (χ2n) is 4.95. The monoisotopic (exact) mass is 392 g/mol. The second-order valence-corrected chi connectivity index (χ2v) is 8.21. The van der Waals surface area contributed by atoms with Gasteiger partial charge in [0.05, 0.1) is 9.83 Å². The largest absolute Gasteiger partial charge is 0.330 e. The first-order valence-corrected chi connectivity index (χ1v) is 8.49. The van der Waals surface area contributed by atoms with Crippen molar-refractivity contribution in [2.75, 3.05) is 0 Å². The van der Waals surface area contributed by atoms with E-state index >= 15 is 0 Å². The van der Waals surface area contributed by atoms with Crippen molar-refractivity contribution in [1.29, 1.82) is 0 Å². The lowest BCUT2D eigenvalue weighted by Gasteiger charge is -2.39. The van der Waals surface area contributed by atoms with Crippen molar-refractivity contribution in [3.63, 3.8) is 0 Å². The molecule has 18 heavy (non-hydrogen) atoms. The van der Waals surface area contributed by atoms with Gasteiger partial charge in [0.15, 0.2) is 0 Å². The molecule has 0 bridgehead atoms. The highest BCUT2D eigenvalue weighted by molar-refractivity contribution is 9.13. The Hall–Kier alpha value is 0.0900. The zero-order valence-electron chi connectivity index (χ0n) is 9.73. The van der Waals surface area contributed by atoms with E-state index in [9.17, 15) is 4.79 Å². The Morgan fingerprint density at radius 1 is 1.33 bits per heavy atom. The summed E-state index contributed by atoms with van der Waals surface area (Å²) in [7, 11) is 0. The van der Waals surface area contributed by atoms with Crippen molar-refractivity contribution >= 4 is 49.1 Å². The van der Waals surface area contributed by atoms with Crippen molar-refractivity contribution in [1.82, 2.24) is 4.90 Å². The predicted molar refractivity (Wildman–Crippen MR) is 79.5 cm³/mol. The first-order valence-electron chi connectivity index (χ1n) is 6.09. The average Bonchev–Trinajstić information content (AvgIpc) is 3.10. The van der Waals surface area contributed by atoms with E-state index in [2.05, 4.69) is 37.9 Å². The van der Waals surface area contributed by atoms with Crippen LogP contribution in [0.25, 0.3) is 0 Å². The van der Waals surface area contributed by atoms with Crippen molar-refractivity contribution in [3.05, 3.63) is 19.2 Å². The van der Waals surface area contributed by atoms with Crippen molar-refractivity contribution < 1.29 is 4.79 Å². The highest BCUT2D eigenvalue weighted by atomic mass is 79.9. The molecule has 2 N–H and O–H groups in total. The minimum Gasteiger partial charge on any atom is -0.330 e. The Labute approximate surface area is 127 Å². The number of hydrogen-bond donors (Lipinski definition) is 1. The molecule has 2 fully saturated rings. The molecule has 2 atom stereocenters. The van der Waals surface area contributed by atoms with E-state index in [1.54, 1.807) is 11.3 Å². The van der Waals surface area contributed by atoms with Crippen LogP contribution in [0.3, 0.4) is 0 Å². The van der Waals surface area contributed by atoms with Gasteiger partial charge < -0.3 is 10.6 Å². The second kappa shape index (κ2) is 4.89. The maximum atomic E-state index is 12.1. The molecule has 0 radical (unpaired) electrons. The lowest BCUT2D eigenvalue weighted by Crippen LogP contribution is -2.49. The van der Waals surface area contributed by atoms with E-state index in [0.29, 0.717) is 12.5 Å². The fourth-order valence-electron chi connectivity index (χ4n) is 2.58. The zero-order chi connectivity index (χ0) is 12.9. The molecular formula is C12H14Br2N2OS. The first kappa shape index (κ1) is 13.1. The van der Waals surface area contributed by atoms with E-state index in [4.69, 9.17) is 5.73 Å². The minimum absolute atomic E-state index is 0.0562. The molecule has 3 rings (SSSR count). The lowest BCUT2D eigenvalue weighted by molar-refractivity contribution is -0.138. The van der Waals surface area contributed by atoms with Gasteiger partial charge in [0.25, 0.3) is 0 Å². The fourth-order valence-corrected chi connectivity index (χ4v) is 4.84. The summed E-state index contributed by atoms with van der Waals surface area (Å²) in [6.07, 6.45) is 3.65. The Morgan fingerprint density at radius 3 is 2.61 bits per heavy atom. The average molecular weight is 394 g/mol. The van der Waals surface area contributed by atoms with Crippen molar-refractivity contribution in [2.45, 2.75) is 43.8 Å². The molecule has 1 saturated heterocycles. The number of nitrogens with two attached hydrogens (primary N) is 1. The number of nitrogens with zero attached hydrogens (tertiary/aromatic N) is 1. The van der Waals surface area contributed by atoms with Gasteiger partial charge in [-0.05, 0) is 57.2 Å². The van der Waals surface area contributed by atoms with E-state index < -0.39 is 0 Å². The summed E-state index contributed by atoms with van der Waals surface area (Å²) < 4.78 is 2.11. The molecule has 2 heterocycles. The summed E-state index contributed by atoms with van der Waals surface area (Å²) in [5.74, 6) is 0.268. The Bertz CT molecular complexity index is 467. The summed E-state index contributed by atoms with van der Waals surface area (Å²) in [5.41, 5.74) is 6.27. The number of likely N-dealkylation sites (tertiary alicyclic amines) is 1. The van der Waals surface area contributed by atoms with Crippen LogP contribution in [0, 0.1) is 0 Å². The molecule has 1 aliphatic heterocycles. The van der Waals surface area contributed by atoms with Gasteiger partial charge in [-0.2, -0.15) is 0 Å². The SMILES string of the molecule is NC1CCC(=O)N(C2CC2)C1c1cc(Br)c(Br)s1. The molecule has 1 aromatic rings. The molecule has 1 saturated carbocycles. The van der Waals surface area contributed by atoms with Crippen LogP contribution in [0.1, 0.15) is 36.6 Å². The van der Waals surface area contributed by atoms with Crippen molar-refractivity contribution in [3.8, 4) is 0 Å². The maximum Gasteiger partial charge on any atom is 0.223 e. The van der Waals surface area contributed by atoms with Gasteiger partial charge in [-0.15, -0.1) is 11.3 Å². The van der Waals surface area contributed by atoms with Crippen LogP contribution < -0.4 is 5.73 Å². The minimum atomic E-state index is 0.0562. The number of carbonyl (C=O) groups excluding carboxylic acids is 1. The normalized spacial score (nSPS) is 28.8. The number of hydrogen-bond acceptors (Lipinski definition) is 3. The first-order chi connectivity index (χ1) is 8.58. The van der Waals surface area contributed by atoms with Crippen LogP contribution in [-0.4, -0.2) is 22.9 Å². The van der Waals surface area contributed by atoms with Crippen LogP contribution in [0.4, 0.5) is 0 Å². The molecular weight excluding hydrogens is 380 g/mol. The van der Waals surface area contributed by atoms with E-state index in [1.165, 1.54) is 4.88 Å². The number of halogens is 2. The Kier molecular flexibility index (Phi) is 3.55. The number of thiophene rings is 1. The summed E-state index contributed by atoms with van der Waals surface area (Å²) in [6, 6.07) is 2.63. The predicted octanol–water partition coefficient (Wildman–Crippen LogP) is 3.43. The van der Waals surface area contributed by atoms with E-state index in [0.717, 1.165) is 27.5 Å². The molecule has 1 aliphatic carbocycles. The van der Waals surface area contributed by atoms with Crippen LogP contribution >= 0.6 is 43.2 Å². The summed E-state index contributed by atoms with van der Waals surface area (Å²) in [5, 5.41) is 0. The van der Waals surface area contributed by atoms with Gasteiger partial charge in [0.1, 0.15) is 0 Å². The third-order valence-electron chi connectivity index (χ3n) is 3.58. The number of rotatable bonds is 2. The lowest BCUT2D eigenvalue weighted by atomic mass is 9.95. The molecule has 1 aromatic heterocycles. The molecule has 3 nitrogen and oxygen atoms in total. The van der Waals surface area contributed by atoms with E-state index in [1.807, 2.05) is 4.90 Å². The highest BCUT2D eigenvalue weighted by Crippen LogP contribution is 2.44. The fraction of sp³-hybridized carbons (Fsp3) is 0.583. The van der Waals surface area contributed by atoms with Crippen molar-refractivity contribution in [2.24, 2.45) is 5.73 Å². The molecule has 2 unspecified atom stereocenters. The molecule has 0 aromatic carbocycles. The van der Waals surface area contributed by atoms with Gasteiger partial charge in [-0.25, -0.2) is 0 Å². The Morgan fingerprint density at radius 2 is 2.06 bits per heavy atom. The third kappa shape index (κ3) is 2.28. The number of carbonyl (C=O) groups is 1. The summed E-state index contributed by atoms with van der Waals surface area (Å²) >= 11 is 8.70. The maximum absolute atomic E-state index is 12.1. The molecule has 2 aliphatic rings. The Balaban J connectivity index is 1.96. The third-order valence-corrected chi connectivity index (χ3v) is 6.91. The highest BCUT2D eigenvalue weighted by Gasteiger charge is 2.43. The molecule has 1 amide bonds. The van der Waals surface area contributed by atoms with Gasteiger partial charge in [-0.3, -0.25) is 4.79 Å². The quantitative estimate of drug-likeness (QED) is 0.836. The van der Waals surface area contributed by atoms with Gasteiger partial charge in [0.2, 0.25) is 5.91 Å². The van der Waals surface area contributed by atoms with Crippen LogP contribution in [0.2, 0.25) is 0 Å². The molecule has 98 valence electrons.